The third-order valence-electron chi connectivity index (χ3n) is 3.93. The lowest BCUT2D eigenvalue weighted by molar-refractivity contribution is -0.139. The Balaban J connectivity index is 2.54. The van der Waals surface area contributed by atoms with E-state index in [9.17, 15) is 18.0 Å². The lowest BCUT2D eigenvalue weighted by Gasteiger charge is -2.14. The minimum atomic E-state index is -4.81. The number of aryl methyl sites for hydroxylation is 1. The van der Waals surface area contributed by atoms with Crippen LogP contribution in [0.25, 0.3) is 0 Å². The summed E-state index contributed by atoms with van der Waals surface area (Å²) in [6, 6.07) is 5.96. The van der Waals surface area contributed by atoms with E-state index in [2.05, 4.69) is 10.1 Å². The number of pyridine rings is 1. The van der Waals surface area contributed by atoms with Crippen molar-refractivity contribution in [3.05, 3.63) is 56.8 Å². The van der Waals surface area contributed by atoms with Gasteiger partial charge in [-0.15, -0.1) is 0 Å². The second-order valence-electron chi connectivity index (χ2n) is 6.19. The first kappa shape index (κ1) is 19.6. The minimum Gasteiger partial charge on any atom is -0.267 e. The van der Waals surface area contributed by atoms with Crippen molar-refractivity contribution >= 4 is 0 Å². The standard InChI is InChI=1S/C18H19F3N4O/c1-4-15-12(5-6-16(23-15)11(2)3)10-25-17(26)14(18(19,20)21)9-13(24-25)7-8-22/h5-6,9,11H,4,7,10H2,1-3H3. The van der Waals surface area contributed by atoms with Crippen LogP contribution in [0.4, 0.5) is 13.2 Å². The largest absolute Gasteiger partial charge is 0.421 e. The van der Waals surface area contributed by atoms with E-state index in [0.717, 1.165) is 10.4 Å². The van der Waals surface area contributed by atoms with Gasteiger partial charge in [0.25, 0.3) is 5.56 Å². The maximum Gasteiger partial charge on any atom is 0.421 e. The van der Waals surface area contributed by atoms with Gasteiger partial charge in [0, 0.05) is 11.4 Å². The van der Waals surface area contributed by atoms with Crippen molar-refractivity contribution in [3.63, 3.8) is 0 Å². The summed E-state index contributed by atoms with van der Waals surface area (Å²) in [6.07, 6.45) is -4.54. The molecular weight excluding hydrogens is 345 g/mol. The van der Waals surface area contributed by atoms with Crippen LogP contribution in [0.1, 0.15) is 54.9 Å². The molecule has 0 aliphatic carbocycles. The average Bonchev–Trinajstić information content (AvgIpc) is 2.56. The monoisotopic (exact) mass is 364 g/mol. The zero-order valence-electron chi connectivity index (χ0n) is 14.8. The predicted octanol–water partition coefficient (Wildman–Crippen LogP) is 3.46. The van der Waals surface area contributed by atoms with Gasteiger partial charge in [0.05, 0.1) is 24.7 Å². The molecule has 0 spiro atoms. The molecule has 0 radical (unpaired) electrons. The molecule has 2 heterocycles. The van der Waals surface area contributed by atoms with Gasteiger partial charge in [-0.05, 0) is 30.0 Å². The molecule has 26 heavy (non-hydrogen) atoms. The summed E-state index contributed by atoms with van der Waals surface area (Å²) >= 11 is 0. The highest BCUT2D eigenvalue weighted by Crippen LogP contribution is 2.27. The van der Waals surface area contributed by atoms with Crippen LogP contribution in [0.3, 0.4) is 0 Å². The Hall–Kier alpha value is -2.69. The van der Waals surface area contributed by atoms with Crippen LogP contribution in [-0.4, -0.2) is 14.8 Å². The van der Waals surface area contributed by atoms with E-state index in [0.29, 0.717) is 23.7 Å². The van der Waals surface area contributed by atoms with Crippen molar-refractivity contribution < 1.29 is 13.2 Å². The second-order valence-corrected chi connectivity index (χ2v) is 6.19. The molecular formula is C18H19F3N4O. The highest BCUT2D eigenvalue weighted by atomic mass is 19.4. The Labute approximate surface area is 149 Å². The Morgan fingerprint density at radius 3 is 2.54 bits per heavy atom. The SMILES string of the molecule is CCc1nc(C(C)C)ccc1Cn1nc(CC#N)cc(C(F)(F)F)c1=O. The molecule has 0 aromatic carbocycles. The molecule has 0 aliphatic rings. The number of nitrogens with zero attached hydrogens (tertiary/aromatic N) is 4. The topological polar surface area (TPSA) is 71.6 Å². The Bertz CT molecular complexity index is 895. The third-order valence-corrected chi connectivity index (χ3v) is 3.93. The molecule has 0 unspecified atom stereocenters. The molecule has 5 nitrogen and oxygen atoms in total. The van der Waals surface area contributed by atoms with Crippen LogP contribution in [-0.2, 0) is 25.6 Å². The van der Waals surface area contributed by atoms with E-state index in [1.54, 1.807) is 18.2 Å². The predicted molar refractivity (Wildman–Crippen MR) is 89.6 cm³/mol. The first-order valence-electron chi connectivity index (χ1n) is 8.21. The van der Waals surface area contributed by atoms with Crippen LogP contribution in [0.15, 0.2) is 23.0 Å². The quantitative estimate of drug-likeness (QED) is 0.815. The van der Waals surface area contributed by atoms with E-state index in [4.69, 9.17) is 5.26 Å². The molecule has 0 saturated carbocycles. The van der Waals surface area contributed by atoms with E-state index in [1.165, 1.54) is 0 Å². The molecule has 2 rings (SSSR count). The highest BCUT2D eigenvalue weighted by molar-refractivity contribution is 5.26. The van der Waals surface area contributed by atoms with Gasteiger partial charge in [0.2, 0.25) is 0 Å². The van der Waals surface area contributed by atoms with Crippen molar-refractivity contribution in [2.24, 2.45) is 0 Å². The molecule has 138 valence electrons. The maximum absolute atomic E-state index is 13.1. The molecule has 8 heteroatoms. The van der Waals surface area contributed by atoms with E-state index >= 15 is 0 Å². The maximum atomic E-state index is 13.1. The smallest absolute Gasteiger partial charge is 0.267 e. The Morgan fingerprint density at radius 2 is 2.00 bits per heavy atom. The zero-order chi connectivity index (χ0) is 19.5. The molecule has 2 aromatic heterocycles. The molecule has 2 aromatic rings. The highest BCUT2D eigenvalue weighted by Gasteiger charge is 2.35. The first-order valence-corrected chi connectivity index (χ1v) is 8.21. The van der Waals surface area contributed by atoms with Gasteiger partial charge in [-0.3, -0.25) is 9.78 Å². The molecule has 0 amide bonds. The number of aromatic nitrogens is 3. The third kappa shape index (κ3) is 4.28. The summed E-state index contributed by atoms with van der Waals surface area (Å²) in [5.41, 5.74) is -0.418. The van der Waals surface area contributed by atoms with Gasteiger partial charge in [-0.25, -0.2) is 4.68 Å². The number of halogens is 3. The van der Waals surface area contributed by atoms with E-state index < -0.39 is 17.3 Å². The fourth-order valence-corrected chi connectivity index (χ4v) is 2.55. The van der Waals surface area contributed by atoms with Gasteiger partial charge < -0.3 is 0 Å². The molecule has 0 atom stereocenters. The molecule has 0 bridgehead atoms. The fraction of sp³-hybridized carbons (Fsp3) is 0.444. The number of nitriles is 1. The van der Waals surface area contributed by atoms with Crippen LogP contribution in [0.2, 0.25) is 0 Å². The lowest BCUT2D eigenvalue weighted by Crippen LogP contribution is -2.32. The summed E-state index contributed by atoms with van der Waals surface area (Å²) in [5.74, 6) is 0.214. The number of hydrogen-bond donors (Lipinski definition) is 0. The van der Waals surface area contributed by atoms with Gasteiger partial charge >= 0.3 is 6.18 Å². The number of hydrogen-bond acceptors (Lipinski definition) is 4. The van der Waals surface area contributed by atoms with Crippen molar-refractivity contribution in [2.75, 3.05) is 0 Å². The lowest BCUT2D eigenvalue weighted by atomic mass is 10.1. The summed E-state index contributed by atoms with van der Waals surface area (Å²) in [5, 5.41) is 12.7. The van der Waals surface area contributed by atoms with Crippen LogP contribution in [0, 0.1) is 11.3 Å². The zero-order valence-corrected chi connectivity index (χ0v) is 14.8. The van der Waals surface area contributed by atoms with Crippen molar-refractivity contribution in [2.45, 2.75) is 52.3 Å². The Morgan fingerprint density at radius 1 is 1.31 bits per heavy atom. The van der Waals surface area contributed by atoms with Crippen LogP contribution in [0.5, 0.6) is 0 Å². The number of rotatable bonds is 5. The first-order chi connectivity index (χ1) is 12.2. The molecule has 0 fully saturated rings. The van der Waals surface area contributed by atoms with Crippen LogP contribution < -0.4 is 5.56 Å². The second kappa shape index (κ2) is 7.68. The van der Waals surface area contributed by atoms with Crippen molar-refractivity contribution in [1.29, 1.82) is 5.26 Å². The van der Waals surface area contributed by atoms with Gasteiger partial charge in [0.1, 0.15) is 5.56 Å². The minimum absolute atomic E-state index is 0.0933. The number of alkyl halides is 3. The van der Waals surface area contributed by atoms with Crippen molar-refractivity contribution in [1.82, 2.24) is 14.8 Å². The molecule has 0 aliphatic heterocycles. The summed E-state index contributed by atoms with van der Waals surface area (Å²) in [6.45, 7) is 5.75. The Kier molecular flexibility index (Phi) is 5.80. The van der Waals surface area contributed by atoms with Gasteiger partial charge in [-0.1, -0.05) is 26.8 Å². The van der Waals surface area contributed by atoms with Gasteiger partial charge in [0.15, 0.2) is 0 Å². The average molecular weight is 364 g/mol. The summed E-state index contributed by atoms with van der Waals surface area (Å²) in [4.78, 5) is 16.8. The molecule has 0 N–H and O–H groups in total. The van der Waals surface area contributed by atoms with Gasteiger partial charge in [-0.2, -0.15) is 23.5 Å². The summed E-state index contributed by atoms with van der Waals surface area (Å²) < 4.78 is 40.2. The summed E-state index contributed by atoms with van der Waals surface area (Å²) in [7, 11) is 0. The molecule has 0 saturated heterocycles. The van der Waals surface area contributed by atoms with E-state index in [-0.39, 0.29) is 24.6 Å². The fourth-order valence-electron chi connectivity index (χ4n) is 2.55. The van der Waals surface area contributed by atoms with Crippen LogP contribution >= 0.6 is 0 Å². The normalized spacial score (nSPS) is 11.6. The van der Waals surface area contributed by atoms with Crippen molar-refractivity contribution in [3.8, 4) is 6.07 Å². The van der Waals surface area contributed by atoms with E-state index in [1.807, 2.05) is 20.8 Å².